The molecule has 2 N–H and O–H groups in total. The average Bonchev–Trinajstić information content (AvgIpc) is 2.24. The molecule has 0 aromatic rings. The Morgan fingerprint density at radius 3 is 2.83 bits per heavy atom. The first-order valence-corrected chi connectivity index (χ1v) is 7.43. The van der Waals surface area contributed by atoms with Crippen molar-refractivity contribution in [3.8, 4) is 0 Å². The zero-order valence-corrected chi connectivity index (χ0v) is 13.0. The molecule has 1 rings (SSSR count). The maximum absolute atomic E-state index is 5.19. The van der Waals surface area contributed by atoms with Crippen LogP contribution in [0.4, 0.5) is 0 Å². The van der Waals surface area contributed by atoms with Gasteiger partial charge in [-0.2, -0.15) is 5.10 Å². The van der Waals surface area contributed by atoms with Crippen molar-refractivity contribution < 1.29 is 0 Å². The van der Waals surface area contributed by atoms with Gasteiger partial charge in [0.05, 0.1) is 0 Å². The third-order valence-electron chi connectivity index (χ3n) is 3.30. The van der Waals surface area contributed by atoms with E-state index in [0.29, 0.717) is 10.5 Å². The molecule has 0 saturated heterocycles. The first kappa shape index (κ1) is 15.4. The number of thiocarbonyl (C=S) groups is 1. The lowest BCUT2D eigenvalue weighted by Gasteiger charge is -2.34. The molecule has 1 atom stereocenters. The minimum atomic E-state index is 0.370. The Labute approximate surface area is 117 Å². The van der Waals surface area contributed by atoms with Crippen molar-refractivity contribution in [2.45, 2.75) is 59.8 Å². The summed E-state index contributed by atoms with van der Waals surface area (Å²) in [6.07, 6.45) is 5.76. The molecule has 1 saturated carbocycles. The van der Waals surface area contributed by atoms with E-state index in [9.17, 15) is 0 Å². The van der Waals surface area contributed by atoms with Gasteiger partial charge in [0.15, 0.2) is 5.11 Å². The Morgan fingerprint density at radius 1 is 1.50 bits per heavy atom. The number of unbranched alkanes of at least 4 members (excludes halogenated alkanes) is 1. The van der Waals surface area contributed by atoms with E-state index in [1.54, 1.807) is 0 Å². The number of nitrogens with one attached hydrogen (secondary N) is 2. The number of nitrogens with zero attached hydrogens (tertiary/aromatic N) is 1. The van der Waals surface area contributed by atoms with Crippen LogP contribution >= 0.6 is 12.2 Å². The zero-order chi connectivity index (χ0) is 13.6. The SMILES string of the molecule is CCCCNC(=S)NN=C1C[C@H](C)CC(C)(C)C1. The lowest BCUT2D eigenvalue weighted by atomic mass is 9.72. The molecule has 0 radical (unpaired) electrons. The van der Waals surface area contributed by atoms with E-state index in [-0.39, 0.29) is 0 Å². The van der Waals surface area contributed by atoms with Gasteiger partial charge in [-0.15, -0.1) is 0 Å². The van der Waals surface area contributed by atoms with E-state index in [0.717, 1.165) is 31.7 Å². The summed E-state index contributed by atoms with van der Waals surface area (Å²) in [4.78, 5) is 0. The minimum absolute atomic E-state index is 0.370. The summed E-state index contributed by atoms with van der Waals surface area (Å²) in [6, 6.07) is 0. The van der Waals surface area contributed by atoms with Crippen molar-refractivity contribution in [2.75, 3.05) is 6.54 Å². The van der Waals surface area contributed by atoms with Gasteiger partial charge in [-0.3, -0.25) is 5.43 Å². The molecular formula is C14H27N3S. The Kier molecular flexibility index (Phi) is 6.06. The van der Waals surface area contributed by atoms with Crippen LogP contribution in [0.2, 0.25) is 0 Å². The molecule has 0 unspecified atom stereocenters. The second-order valence-electron chi connectivity index (χ2n) is 6.25. The summed E-state index contributed by atoms with van der Waals surface area (Å²) in [7, 11) is 0. The van der Waals surface area contributed by atoms with Crippen LogP contribution in [-0.2, 0) is 0 Å². The van der Waals surface area contributed by atoms with E-state index in [2.05, 4.69) is 43.5 Å². The number of hydrazone groups is 1. The first-order valence-electron chi connectivity index (χ1n) is 7.02. The lowest BCUT2D eigenvalue weighted by molar-refractivity contribution is 0.265. The molecule has 4 heteroatoms. The Bertz CT molecular complexity index is 310. The quantitative estimate of drug-likeness (QED) is 0.466. The molecule has 0 aliphatic heterocycles. The van der Waals surface area contributed by atoms with Gasteiger partial charge in [0, 0.05) is 12.3 Å². The van der Waals surface area contributed by atoms with Crippen LogP contribution in [0.1, 0.15) is 59.8 Å². The first-order chi connectivity index (χ1) is 8.43. The second kappa shape index (κ2) is 7.07. The van der Waals surface area contributed by atoms with Crippen LogP contribution in [0.15, 0.2) is 5.10 Å². The predicted octanol–water partition coefficient (Wildman–Crippen LogP) is 3.45. The number of rotatable bonds is 4. The summed E-state index contributed by atoms with van der Waals surface area (Å²) in [5.74, 6) is 0.718. The summed E-state index contributed by atoms with van der Waals surface area (Å²) < 4.78 is 0. The minimum Gasteiger partial charge on any atom is -0.361 e. The van der Waals surface area contributed by atoms with Crippen molar-refractivity contribution in [3.63, 3.8) is 0 Å². The second-order valence-corrected chi connectivity index (χ2v) is 6.66. The zero-order valence-electron chi connectivity index (χ0n) is 12.2. The van der Waals surface area contributed by atoms with Gasteiger partial charge in [0.1, 0.15) is 0 Å². The highest BCUT2D eigenvalue weighted by molar-refractivity contribution is 7.80. The molecule has 1 fully saturated rings. The third-order valence-corrected chi connectivity index (χ3v) is 3.53. The lowest BCUT2D eigenvalue weighted by Crippen LogP contribution is -2.35. The van der Waals surface area contributed by atoms with Gasteiger partial charge in [0.2, 0.25) is 0 Å². The van der Waals surface area contributed by atoms with Gasteiger partial charge in [-0.25, -0.2) is 0 Å². The van der Waals surface area contributed by atoms with Crippen molar-refractivity contribution in [1.82, 2.24) is 10.7 Å². The summed E-state index contributed by atoms with van der Waals surface area (Å²) in [6.45, 7) is 10.0. The molecule has 0 bridgehead atoms. The van der Waals surface area contributed by atoms with Crippen molar-refractivity contribution in [1.29, 1.82) is 0 Å². The average molecular weight is 269 g/mol. The third kappa shape index (κ3) is 5.80. The van der Waals surface area contributed by atoms with Crippen LogP contribution in [0.5, 0.6) is 0 Å². The van der Waals surface area contributed by atoms with E-state index in [1.165, 1.54) is 18.6 Å². The van der Waals surface area contributed by atoms with Gasteiger partial charge >= 0.3 is 0 Å². The van der Waals surface area contributed by atoms with Gasteiger partial charge in [-0.05, 0) is 49.2 Å². The summed E-state index contributed by atoms with van der Waals surface area (Å²) in [5, 5.41) is 8.28. The molecule has 1 aliphatic carbocycles. The fourth-order valence-corrected chi connectivity index (χ4v) is 2.90. The van der Waals surface area contributed by atoms with Crippen molar-refractivity contribution >= 4 is 23.0 Å². The largest absolute Gasteiger partial charge is 0.361 e. The maximum atomic E-state index is 5.19. The number of hydrogen-bond acceptors (Lipinski definition) is 2. The summed E-state index contributed by atoms with van der Waals surface area (Å²) in [5.41, 5.74) is 4.60. The summed E-state index contributed by atoms with van der Waals surface area (Å²) >= 11 is 5.19. The normalized spacial score (nSPS) is 24.9. The van der Waals surface area contributed by atoms with Crippen molar-refractivity contribution in [2.24, 2.45) is 16.4 Å². The fraction of sp³-hybridized carbons (Fsp3) is 0.857. The van der Waals surface area contributed by atoms with E-state index in [1.807, 2.05) is 0 Å². The molecule has 3 nitrogen and oxygen atoms in total. The maximum Gasteiger partial charge on any atom is 0.186 e. The molecule has 0 heterocycles. The highest BCUT2D eigenvalue weighted by atomic mass is 32.1. The Morgan fingerprint density at radius 2 is 2.22 bits per heavy atom. The Hall–Kier alpha value is -0.640. The van der Waals surface area contributed by atoms with Crippen LogP contribution in [-0.4, -0.2) is 17.4 Å². The van der Waals surface area contributed by atoms with Gasteiger partial charge in [-0.1, -0.05) is 34.1 Å². The van der Waals surface area contributed by atoms with Crippen LogP contribution in [0.25, 0.3) is 0 Å². The molecule has 1 aliphatic rings. The van der Waals surface area contributed by atoms with E-state index < -0.39 is 0 Å². The molecule has 104 valence electrons. The molecular weight excluding hydrogens is 242 g/mol. The fourth-order valence-electron chi connectivity index (χ4n) is 2.75. The van der Waals surface area contributed by atoms with Gasteiger partial charge in [0.25, 0.3) is 0 Å². The number of hydrogen-bond donors (Lipinski definition) is 2. The standard InChI is InChI=1S/C14H27N3S/c1-5-6-7-15-13(18)17-16-12-8-11(2)9-14(3,4)10-12/h11H,5-10H2,1-4H3,(H2,15,17,18)/t11-/m0/s1. The van der Waals surface area contributed by atoms with Crippen LogP contribution in [0.3, 0.4) is 0 Å². The van der Waals surface area contributed by atoms with E-state index in [4.69, 9.17) is 12.2 Å². The molecule has 0 spiro atoms. The van der Waals surface area contributed by atoms with Crippen LogP contribution in [0, 0.1) is 11.3 Å². The molecule has 18 heavy (non-hydrogen) atoms. The van der Waals surface area contributed by atoms with Gasteiger partial charge < -0.3 is 5.32 Å². The predicted molar refractivity (Wildman–Crippen MR) is 82.9 cm³/mol. The highest BCUT2D eigenvalue weighted by Crippen LogP contribution is 2.36. The highest BCUT2D eigenvalue weighted by Gasteiger charge is 2.29. The monoisotopic (exact) mass is 269 g/mol. The van der Waals surface area contributed by atoms with E-state index >= 15 is 0 Å². The van der Waals surface area contributed by atoms with Crippen molar-refractivity contribution in [3.05, 3.63) is 0 Å². The smallest absolute Gasteiger partial charge is 0.186 e. The Balaban J connectivity index is 2.39. The molecule has 0 aromatic heterocycles. The molecule has 0 amide bonds. The molecule has 0 aromatic carbocycles. The topological polar surface area (TPSA) is 36.4 Å². The van der Waals surface area contributed by atoms with Crippen LogP contribution < -0.4 is 10.7 Å².